The van der Waals surface area contributed by atoms with Crippen LogP contribution in [-0.4, -0.2) is 22.2 Å². The summed E-state index contributed by atoms with van der Waals surface area (Å²) in [5.74, 6) is -0.465. The highest BCUT2D eigenvalue weighted by Crippen LogP contribution is 1.94. The van der Waals surface area contributed by atoms with Crippen molar-refractivity contribution in [1.29, 1.82) is 0 Å². The maximum absolute atomic E-state index is 10.6. The van der Waals surface area contributed by atoms with Gasteiger partial charge in [-0.1, -0.05) is 0 Å². The van der Waals surface area contributed by atoms with Crippen LogP contribution in [0.25, 0.3) is 0 Å². The van der Waals surface area contributed by atoms with Crippen molar-refractivity contribution in [2.24, 2.45) is 11.5 Å². The second-order valence-electron chi connectivity index (χ2n) is 2.15. The lowest BCUT2D eigenvalue weighted by Gasteiger charge is -1.93. The molecule has 1 rings (SSSR count). The summed E-state index contributed by atoms with van der Waals surface area (Å²) in [6, 6.07) is 0. The van der Waals surface area contributed by atoms with Gasteiger partial charge in [0.25, 0.3) is 5.91 Å². The van der Waals surface area contributed by atoms with Crippen molar-refractivity contribution < 1.29 is 4.79 Å². The summed E-state index contributed by atoms with van der Waals surface area (Å²) in [6.45, 7) is 1.10. The molecule has 5 nitrogen and oxygen atoms in total. The number of rotatable bonds is 3. The van der Waals surface area contributed by atoms with Crippen molar-refractivity contribution in [3.63, 3.8) is 0 Å². The molecule has 0 aliphatic carbocycles. The van der Waals surface area contributed by atoms with Crippen LogP contribution in [0.3, 0.4) is 0 Å². The summed E-state index contributed by atoms with van der Waals surface area (Å²) in [7, 11) is 0. The molecule has 0 saturated heterocycles. The van der Waals surface area contributed by atoms with Gasteiger partial charge in [0.15, 0.2) is 0 Å². The number of hydrogen-bond acceptors (Lipinski definition) is 3. The maximum Gasteiger partial charge on any atom is 0.251 e. The Hall–Kier alpha value is -1.36. The van der Waals surface area contributed by atoms with Crippen LogP contribution >= 0.6 is 0 Å². The van der Waals surface area contributed by atoms with Gasteiger partial charge >= 0.3 is 0 Å². The number of hydrogen-bond donors (Lipinski definition) is 2. The monoisotopic (exact) mass is 154 g/mol. The Morgan fingerprint density at radius 2 is 2.45 bits per heavy atom. The molecular weight excluding hydrogens is 144 g/mol. The van der Waals surface area contributed by atoms with Crippen molar-refractivity contribution in [3.05, 3.63) is 18.0 Å². The van der Waals surface area contributed by atoms with Gasteiger partial charge in [-0.25, -0.2) is 0 Å². The van der Waals surface area contributed by atoms with Crippen molar-refractivity contribution in [3.8, 4) is 0 Å². The molecule has 11 heavy (non-hydrogen) atoms. The molecule has 0 spiro atoms. The van der Waals surface area contributed by atoms with Crippen molar-refractivity contribution in [1.82, 2.24) is 9.78 Å². The minimum absolute atomic E-state index is 0.415. The van der Waals surface area contributed by atoms with E-state index in [1.54, 1.807) is 10.9 Å². The second-order valence-corrected chi connectivity index (χ2v) is 2.15. The van der Waals surface area contributed by atoms with Crippen LogP contribution in [0.1, 0.15) is 10.4 Å². The molecule has 1 aromatic rings. The molecule has 0 saturated carbocycles. The summed E-state index contributed by atoms with van der Waals surface area (Å²) >= 11 is 0. The molecule has 0 fully saturated rings. The molecular formula is C6H10N4O. The predicted octanol–water partition coefficient (Wildman–Crippen LogP) is -1.06. The molecule has 0 aromatic carbocycles. The fourth-order valence-electron chi connectivity index (χ4n) is 0.745. The fraction of sp³-hybridized carbons (Fsp3) is 0.333. The Kier molecular flexibility index (Phi) is 2.22. The molecule has 0 aliphatic rings. The van der Waals surface area contributed by atoms with Crippen molar-refractivity contribution >= 4 is 5.91 Å². The lowest BCUT2D eigenvalue weighted by atomic mass is 10.3. The van der Waals surface area contributed by atoms with Crippen LogP contribution in [0.4, 0.5) is 0 Å². The van der Waals surface area contributed by atoms with Gasteiger partial charge in [-0.3, -0.25) is 9.48 Å². The summed E-state index contributed by atoms with van der Waals surface area (Å²) in [5, 5.41) is 3.86. The largest absolute Gasteiger partial charge is 0.366 e. The number of nitrogens with two attached hydrogens (primary N) is 2. The standard InChI is InChI=1S/C6H10N4O/c7-1-2-10-4-5(3-9-10)6(8)11/h3-4H,1-2,7H2,(H2,8,11). The lowest BCUT2D eigenvalue weighted by Crippen LogP contribution is -2.11. The molecule has 0 aliphatic heterocycles. The fourth-order valence-corrected chi connectivity index (χ4v) is 0.745. The van der Waals surface area contributed by atoms with E-state index >= 15 is 0 Å². The molecule has 0 bridgehead atoms. The van der Waals surface area contributed by atoms with Gasteiger partial charge < -0.3 is 11.5 Å². The lowest BCUT2D eigenvalue weighted by molar-refractivity contribution is 0.1000. The summed E-state index contributed by atoms with van der Waals surface area (Å²) < 4.78 is 1.58. The first-order valence-corrected chi connectivity index (χ1v) is 3.26. The smallest absolute Gasteiger partial charge is 0.251 e. The molecule has 1 amide bonds. The van der Waals surface area contributed by atoms with Crippen LogP contribution in [-0.2, 0) is 6.54 Å². The number of aromatic nitrogens is 2. The van der Waals surface area contributed by atoms with E-state index in [0.717, 1.165) is 0 Å². The molecule has 5 heteroatoms. The van der Waals surface area contributed by atoms with Gasteiger partial charge in [-0.2, -0.15) is 5.10 Å². The Morgan fingerprint density at radius 3 is 2.91 bits per heavy atom. The van der Waals surface area contributed by atoms with Crippen molar-refractivity contribution in [2.45, 2.75) is 6.54 Å². The number of primary amides is 1. The van der Waals surface area contributed by atoms with Crippen LogP contribution in [0.5, 0.6) is 0 Å². The Morgan fingerprint density at radius 1 is 1.73 bits per heavy atom. The molecule has 1 heterocycles. The van der Waals surface area contributed by atoms with Gasteiger partial charge in [0.2, 0.25) is 0 Å². The second kappa shape index (κ2) is 3.16. The quantitative estimate of drug-likeness (QED) is 0.581. The van der Waals surface area contributed by atoms with E-state index in [-0.39, 0.29) is 0 Å². The van der Waals surface area contributed by atoms with Gasteiger partial charge in [0.1, 0.15) is 0 Å². The van der Waals surface area contributed by atoms with E-state index < -0.39 is 5.91 Å². The minimum Gasteiger partial charge on any atom is -0.366 e. The number of carbonyl (C=O) groups excluding carboxylic acids is 1. The summed E-state index contributed by atoms with van der Waals surface area (Å²) in [6.07, 6.45) is 3.01. The SMILES string of the molecule is NCCn1cc(C(N)=O)cn1. The molecule has 4 N–H and O–H groups in total. The zero-order valence-corrected chi connectivity index (χ0v) is 6.03. The third kappa shape index (κ3) is 1.78. The Bertz CT molecular complexity index is 255. The van der Waals surface area contributed by atoms with E-state index in [4.69, 9.17) is 11.5 Å². The normalized spacial score (nSPS) is 9.91. The minimum atomic E-state index is -0.465. The average Bonchev–Trinajstić information content (AvgIpc) is 2.37. The molecule has 1 aromatic heterocycles. The van der Waals surface area contributed by atoms with Gasteiger partial charge in [0, 0.05) is 12.7 Å². The highest BCUT2D eigenvalue weighted by molar-refractivity contribution is 5.92. The average molecular weight is 154 g/mol. The zero-order chi connectivity index (χ0) is 8.27. The third-order valence-corrected chi connectivity index (χ3v) is 1.28. The van der Waals surface area contributed by atoms with Gasteiger partial charge in [0.05, 0.1) is 18.3 Å². The number of amides is 1. The van der Waals surface area contributed by atoms with E-state index in [2.05, 4.69) is 5.10 Å². The highest BCUT2D eigenvalue weighted by atomic mass is 16.1. The first kappa shape index (κ1) is 7.74. The van der Waals surface area contributed by atoms with E-state index in [9.17, 15) is 4.79 Å². The first-order chi connectivity index (χ1) is 5.24. The molecule has 0 atom stereocenters. The Balaban J connectivity index is 2.73. The molecule has 0 radical (unpaired) electrons. The number of nitrogens with zero attached hydrogens (tertiary/aromatic N) is 2. The number of carbonyl (C=O) groups is 1. The highest BCUT2D eigenvalue weighted by Gasteiger charge is 2.01. The van der Waals surface area contributed by atoms with E-state index in [0.29, 0.717) is 18.7 Å². The Labute approximate surface area is 64.0 Å². The topological polar surface area (TPSA) is 86.9 Å². The maximum atomic E-state index is 10.6. The van der Waals surface area contributed by atoms with Gasteiger partial charge in [-0.05, 0) is 0 Å². The molecule has 60 valence electrons. The van der Waals surface area contributed by atoms with Crippen molar-refractivity contribution in [2.75, 3.05) is 6.54 Å². The summed E-state index contributed by atoms with van der Waals surface area (Å²) in [5.41, 5.74) is 10.7. The summed E-state index contributed by atoms with van der Waals surface area (Å²) in [4.78, 5) is 10.6. The van der Waals surface area contributed by atoms with Crippen LogP contribution < -0.4 is 11.5 Å². The van der Waals surface area contributed by atoms with Gasteiger partial charge in [-0.15, -0.1) is 0 Å². The predicted molar refractivity (Wildman–Crippen MR) is 39.8 cm³/mol. The van der Waals surface area contributed by atoms with Crippen LogP contribution in [0, 0.1) is 0 Å². The van der Waals surface area contributed by atoms with Crippen LogP contribution in [0.15, 0.2) is 12.4 Å². The van der Waals surface area contributed by atoms with Crippen LogP contribution in [0.2, 0.25) is 0 Å². The van der Waals surface area contributed by atoms with E-state index in [1.807, 2.05) is 0 Å². The first-order valence-electron chi connectivity index (χ1n) is 3.26. The third-order valence-electron chi connectivity index (χ3n) is 1.28. The van der Waals surface area contributed by atoms with E-state index in [1.165, 1.54) is 6.20 Å². The zero-order valence-electron chi connectivity index (χ0n) is 6.03. The molecule has 0 unspecified atom stereocenters.